The molecule has 0 aromatic carbocycles. The Morgan fingerprint density at radius 2 is 2.21 bits per heavy atom. The first-order valence-corrected chi connectivity index (χ1v) is 7.57. The van der Waals surface area contributed by atoms with Crippen LogP contribution in [0.1, 0.15) is 19.5 Å². The molecular weight excluding hydrogens is 266 g/mol. The van der Waals surface area contributed by atoms with E-state index in [1.807, 2.05) is 6.92 Å². The lowest BCUT2D eigenvalue weighted by molar-refractivity contribution is 0.142. The fourth-order valence-corrected chi connectivity index (χ4v) is 3.79. The average Bonchev–Trinajstić information content (AvgIpc) is 2.39. The predicted molar refractivity (Wildman–Crippen MR) is 73.0 cm³/mol. The van der Waals surface area contributed by atoms with Gasteiger partial charge in [-0.05, 0) is 19.1 Å². The van der Waals surface area contributed by atoms with Crippen LogP contribution in [0, 0.1) is 0 Å². The Labute approximate surface area is 114 Å². The number of likely N-dealkylation sites (N-methyl/N-ethyl adjacent to an activating group) is 1. The summed E-state index contributed by atoms with van der Waals surface area (Å²) in [5, 5.41) is 0. The second kappa shape index (κ2) is 6.95. The maximum atomic E-state index is 12.6. The monoisotopic (exact) mass is 287 g/mol. The van der Waals surface area contributed by atoms with E-state index in [9.17, 15) is 8.42 Å². The first-order valence-electron chi connectivity index (χ1n) is 6.13. The number of aromatic nitrogens is 1. The third-order valence-electron chi connectivity index (χ3n) is 2.84. The van der Waals surface area contributed by atoms with E-state index in [-0.39, 0.29) is 17.5 Å². The summed E-state index contributed by atoms with van der Waals surface area (Å²) in [6.07, 6.45) is 1.54. The van der Waals surface area contributed by atoms with Crippen molar-refractivity contribution in [1.29, 1.82) is 0 Å². The molecule has 0 bridgehead atoms. The van der Waals surface area contributed by atoms with Crippen molar-refractivity contribution in [3.8, 4) is 0 Å². The molecule has 0 saturated carbocycles. The second-order valence-electron chi connectivity index (χ2n) is 4.17. The van der Waals surface area contributed by atoms with Gasteiger partial charge in [-0.1, -0.05) is 6.92 Å². The van der Waals surface area contributed by atoms with Gasteiger partial charge in [0.1, 0.15) is 4.90 Å². The molecule has 7 heteroatoms. The first-order chi connectivity index (χ1) is 8.98. The molecule has 108 valence electrons. The number of pyridine rings is 1. The Bertz CT molecular complexity index is 505. The third kappa shape index (κ3) is 3.50. The molecule has 1 aromatic rings. The van der Waals surface area contributed by atoms with Crippen LogP contribution in [0.5, 0.6) is 0 Å². The normalized spacial score (nSPS) is 13.7. The molecule has 0 aliphatic carbocycles. The van der Waals surface area contributed by atoms with E-state index >= 15 is 0 Å². The van der Waals surface area contributed by atoms with Gasteiger partial charge in [0.2, 0.25) is 10.0 Å². The van der Waals surface area contributed by atoms with E-state index in [2.05, 4.69) is 4.98 Å². The van der Waals surface area contributed by atoms with Gasteiger partial charge < -0.3 is 10.5 Å². The summed E-state index contributed by atoms with van der Waals surface area (Å²) in [6, 6.07) is 2.89. The lowest BCUT2D eigenvalue weighted by atomic mass is 10.3. The van der Waals surface area contributed by atoms with Crippen LogP contribution in [-0.4, -0.2) is 44.0 Å². The van der Waals surface area contributed by atoms with E-state index < -0.39 is 10.0 Å². The highest BCUT2D eigenvalue weighted by atomic mass is 32.2. The van der Waals surface area contributed by atoms with Crippen LogP contribution in [0.15, 0.2) is 23.2 Å². The number of rotatable bonds is 7. The Morgan fingerprint density at radius 3 is 2.74 bits per heavy atom. The van der Waals surface area contributed by atoms with Crippen molar-refractivity contribution in [2.24, 2.45) is 5.73 Å². The molecule has 19 heavy (non-hydrogen) atoms. The molecule has 0 fully saturated rings. The van der Waals surface area contributed by atoms with Crippen LogP contribution in [0.4, 0.5) is 0 Å². The van der Waals surface area contributed by atoms with Crippen molar-refractivity contribution in [1.82, 2.24) is 9.29 Å². The molecule has 0 aliphatic heterocycles. The van der Waals surface area contributed by atoms with E-state index in [0.29, 0.717) is 18.8 Å². The number of nitrogens with two attached hydrogens (primary N) is 1. The van der Waals surface area contributed by atoms with Crippen LogP contribution in [-0.2, 0) is 21.3 Å². The van der Waals surface area contributed by atoms with Gasteiger partial charge in [-0.15, -0.1) is 0 Å². The van der Waals surface area contributed by atoms with E-state index in [1.165, 1.54) is 16.6 Å². The minimum Gasteiger partial charge on any atom is -0.383 e. The van der Waals surface area contributed by atoms with Gasteiger partial charge in [-0.2, -0.15) is 4.31 Å². The van der Waals surface area contributed by atoms with Crippen molar-refractivity contribution >= 4 is 10.0 Å². The minimum atomic E-state index is -3.60. The zero-order chi connectivity index (χ0) is 14.5. The Balaban J connectivity index is 3.20. The van der Waals surface area contributed by atoms with Gasteiger partial charge in [0.05, 0.1) is 12.3 Å². The van der Waals surface area contributed by atoms with Crippen molar-refractivity contribution in [2.45, 2.75) is 31.3 Å². The summed E-state index contributed by atoms with van der Waals surface area (Å²) >= 11 is 0. The van der Waals surface area contributed by atoms with Gasteiger partial charge in [0.25, 0.3) is 0 Å². The Hall–Kier alpha value is -1.02. The quantitative estimate of drug-likeness (QED) is 0.793. The van der Waals surface area contributed by atoms with Crippen LogP contribution in [0.3, 0.4) is 0 Å². The Kier molecular flexibility index (Phi) is 5.86. The highest BCUT2D eigenvalue weighted by Crippen LogP contribution is 2.20. The summed E-state index contributed by atoms with van der Waals surface area (Å²) < 4.78 is 31.7. The fourth-order valence-electron chi connectivity index (χ4n) is 1.98. The number of hydrogen-bond donors (Lipinski definition) is 1. The lowest BCUT2D eigenvalue weighted by Gasteiger charge is -2.27. The maximum absolute atomic E-state index is 12.6. The van der Waals surface area contributed by atoms with E-state index in [4.69, 9.17) is 10.5 Å². The third-order valence-corrected chi connectivity index (χ3v) is 5.00. The van der Waals surface area contributed by atoms with Crippen molar-refractivity contribution < 1.29 is 13.2 Å². The summed E-state index contributed by atoms with van der Waals surface area (Å²) in [6.45, 7) is 4.40. The van der Waals surface area contributed by atoms with Gasteiger partial charge in [-0.3, -0.25) is 4.98 Å². The van der Waals surface area contributed by atoms with E-state index in [0.717, 1.165) is 0 Å². The summed E-state index contributed by atoms with van der Waals surface area (Å²) in [7, 11) is -2.06. The molecule has 6 nitrogen and oxygen atoms in total. The molecule has 0 amide bonds. The van der Waals surface area contributed by atoms with Gasteiger partial charge in [-0.25, -0.2) is 8.42 Å². The van der Waals surface area contributed by atoms with Gasteiger partial charge in [0, 0.05) is 32.4 Å². The standard InChI is InChI=1S/C12H21N3O3S/c1-4-15(10(2)9-18-3)19(16,17)12-6-5-7-14-11(12)8-13/h5-7,10H,4,8-9,13H2,1-3H3. The zero-order valence-corrected chi connectivity index (χ0v) is 12.4. The number of methoxy groups -OCH3 is 1. The van der Waals surface area contributed by atoms with E-state index in [1.54, 1.807) is 20.1 Å². The summed E-state index contributed by atoms with van der Waals surface area (Å²) in [5.41, 5.74) is 5.93. The SMILES string of the molecule is CCN(C(C)COC)S(=O)(=O)c1cccnc1CN. The lowest BCUT2D eigenvalue weighted by Crippen LogP contribution is -2.41. The molecule has 1 rings (SSSR count). The Morgan fingerprint density at radius 1 is 1.53 bits per heavy atom. The number of sulfonamides is 1. The molecule has 1 unspecified atom stereocenters. The van der Waals surface area contributed by atoms with Crippen molar-refractivity contribution in [3.05, 3.63) is 24.0 Å². The molecule has 0 aliphatic rings. The fraction of sp³-hybridized carbons (Fsp3) is 0.583. The van der Waals surface area contributed by atoms with Crippen molar-refractivity contribution in [3.63, 3.8) is 0 Å². The maximum Gasteiger partial charge on any atom is 0.245 e. The van der Waals surface area contributed by atoms with Crippen LogP contribution < -0.4 is 5.73 Å². The molecule has 0 radical (unpaired) electrons. The highest BCUT2D eigenvalue weighted by Gasteiger charge is 2.29. The van der Waals surface area contributed by atoms with Gasteiger partial charge >= 0.3 is 0 Å². The summed E-state index contributed by atoms with van der Waals surface area (Å²) in [4.78, 5) is 4.19. The van der Waals surface area contributed by atoms with Gasteiger partial charge in [0.15, 0.2) is 0 Å². The molecule has 0 spiro atoms. The largest absolute Gasteiger partial charge is 0.383 e. The number of ether oxygens (including phenoxy) is 1. The summed E-state index contributed by atoms with van der Waals surface area (Å²) in [5.74, 6) is 0. The molecule has 1 aromatic heterocycles. The molecule has 1 atom stereocenters. The molecular formula is C12H21N3O3S. The average molecular weight is 287 g/mol. The zero-order valence-electron chi connectivity index (χ0n) is 11.5. The second-order valence-corrected chi connectivity index (χ2v) is 6.02. The highest BCUT2D eigenvalue weighted by molar-refractivity contribution is 7.89. The van der Waals surface area contributed by atoms with Crippen LogP contribution in [0.2, 0.25) is 0 Å². The molecule has 0 saturated heterocycles. The van der Waals surface area contributed by atoms with Crippen molar-refractivity contribution in [2.75, 3.05) is 20.3 Å². The molecule has 2 N–H and O–H groups in total. The smallest absolute Gasteiger partial charge is 0.245 e. The molecule has 1 heterocycles. The first kappa shape index (κ1) is 16.0. The number of nitrogens with zero attached hydrogens (tertiary/aromatic N) is 2. The minimum absolute atomic E-state index is 0.0889. The predicted octanol–water partition coefficient (Wildman–Crippen LogP) is 0.586. The number of hydrogen-bond acceptors (Lipinski definition) is 5. The topological polar surface area (TPSA) is 85.5 Å². The van der Waals surface area contributed by atoms with Crippen LogP contribution in [0.25, 0.3) is 0 Å². The van der Waals surface area contributed by atoms with Crippen LogP contribution >= 0.6 is 0 Å².